The summed E-state index contributed by atoms with van der Waals surface area (Å²) in [7, 11) is -3.23. The minimum atomic E-state index is -3.23. The quantitative estimate of drug-likeness (QED) is 0.210. The van der Waals surface area contributed by atoms with E-state index in [4.69, 9.17) is 5.41 Å². The molecule has 3 N–H and O–H groups in total. The van der Waals surface area contributed by atoms with E-state index in [-0.39, 0.29) is 41.0 Å². The number of amidine groups is 1. The van der Waals surface area contributed by atoms with Crippen LogP contribution in [-0.4, -0.2) is 54.8 Å². The van der Waals surface area contributed by atoms with Gasteiger partial charge in [-0.3, -0.25) is 10.2 Å². The van der Waals surface area contributed by atoms with Crippen molar-refractivity contribution in [2.24, 2.45) is 0 Å². The van der Waals surface area contributed by atoms with Crippen LogP contribution in [0.15, 0.2) is 27.9 Å². The monoisotopic (exact) mass is 465 g/mol. The number of hydrogen-bond acceptors (Lipinski definition) is 8. The van der Waals surface area contributed by atoms with E-state index in [0.29, 0.717) is 5.75 Å². The van der Waals surface area contributed by atoms with Crippen LogP contribution in [0.1, 0.15) is 24.1 Å². The minimum Gasteiger partial charge on any atom is -0.355 e. The molecule has 2 aromatic rings. The first-order valence-corrected chi connectivity index (χ1v) is 11.4. The van der Waals surface area contributed by atoms with E-state index in [1.807, 2.05) is 0 Å². The van der Waals surface area contributed by atoms with Crippen LogP contribution in [0.3, 0.4) is 0 Å². The number of carbonyl (C=O) groups excluding carboxylic acids is 1. The molecule has 0 saturated heterocycles. The summed E-state index contributed by atoms with van der Waals surface area (Å²) in [5.41, 5.74) is -0.729. The number of carbonyl (C=O) groups is 1. The van der Waals surface area contributed by atoms with E-state index in [1.54, 1.807) is 0 Å². The molecule has 164 valence electrons. The fourth-order valence-electron chi connectivity index (χ4n) is 2.12. The van der Waals surface area contributed by atoms with Gasteiger partial charge in [-0.2, -0.15) is 0 Å². The second-order valence-corrected chi connectivity index (χ2v) is 9.38. The smallest absolute Gasteiger partial charge is 0.266 e. The Bertz CT molecular complexity index is 1010. The fraction of sp³-hybridized carbons (Fsp3) is 0.375. The van der Waals surface area contributed by atoms with Crippen LogP contribution in [-0.2, 0) is 14.6 Å². The lowest BCUT2D eigenvalue weighted by Crippen LogP contribution is -2.27. The maximum absolute atomic E-state index is 13.4. The van der Waals surface area contributed by atoms with Gasteiger partial charge in [-0.15, -0.1) is 0 Å². The molecule has 14 heteroatoms. The number of nitrogens with one attached hydrogen (secondary N) is 3. The van der Waals surface area contributed by atoms with Gasteiger partial charge < -0.3 is 10.6 Å². The Labute approximate surface area is 174 Å². The molecule has 30 heavy (non-hydrogen) atoms. The van der Waals surface area contributed by atoms with Gasteiger partial charge in [-0.05, 0) is 28.5 Å². The molecule has 0 aliphatic carbocycles. The molecule has 1 aromatic carbocycles. The molecular weight excluding hydrogens is 447 g/mol. The van der Waals surface area contributed by atoms with Crippen LogP contribution in [0.2, 0.25) is 0 Å². The van der Waals surface area contributed by atoms with Crippen LogP contribution in [0.25, 0.3) is 0 Å². The predicted molar refractivity (Wildman–Crippen MR) is 104 cm³/mol. The number of halogens is 3. The summed E-state index contributed by atoms with van der Waals surface area (Å²) in [6, 6.07) is 2.95. The lowest BCUT2D eigenvalue weighted by atomic mass is 10.2. The second-order valence-electron chi connectivity index (χ2n) is 6.03. The van der Waals surface area contributed by atoms with E-state index in [1.165, 1.54) is 6.07 Å². The van der Waals surface area contributed by atoms with Crippen molar-refractivity contribution in [3.8, 4) is 0 Å². The first kappa shape index (κ1) is 23.7. The SMILES string of the molecule is CS(=O)(=O)CCC(=O)NCCSc1nonc1C(=N)Nc1ccc(F)c(C(F)F)c1. The van der Waals surface area contributed by atoms with E-state index in [0.717, 1.165) is 30.2 Å². The van der Waals surface area contributed by atoms with Crippen molar-refractivity contribution >= 4 is 39.0 Å². The number of alkyl halides is 2. The molecular formula is C16H18F3N5O4S2. The van der Waals surface area contributed by atoms with Gasteiger partial charge >= 0.3 is 0 Å². The summed E-state index contributed by atoms with van der Waals surface area (Å²) in [5.74, 6) is -1.70. The zero-order valence-corrected chi connectivity index (χ0v) is 17.2. The lowest BCUT2D eigenvalue weighted by Gasteiger charge is -2.09. The molecule has 0 bridgehead atoms. The molecule has 2 rings (SSSR count). The summed E-state index contributed by atoms with van der Waals surface area (Å²) in [6.07, 6.45) is -2.11. The molecule has 9 nitrogen and oxygen atoms in total. The minimum absolute atomic E-state index is 0.00586. The largest absolute Gasteiger partial charge is 0.355 e. The van der Waals surface area contributed by atoms with Crippen molar-refractivity contribution < 1.29 is 31.0 Å². The first-order chi connectivity index (χ1) is 14.1. The van der Waals surface area contributed by atoms with E-state index < -0.39 is 33.6 Å². The number of rotatable bonds is 10. The molecule has 0 spiro atoms. The third-order valence-corrected chi connectivity index (χ3v) is 5.45. The maximum Gasteiger partial charge on any atom is 0.266 e. The van der Waals surface area contributed by atoms with Crippen molar-refractivity contribution in [3.63, 3.8) is 0 Å². The summed E-state index contributed by atoms with van der Waals surface area (Å²) < 4.78 is 65.6. The van der Waals surface area contributed by atoms with Crippen molar-refractivity contribution in [2.45, 2.75) is 17.9 Å². The van der Waals surface area contributed by atoms with Crippen LogP contribution in [0, 0.1) is 11.2 Å². The van der Waals surface area contributed by atoms with Gasteiger partial charge in [0.15, 0.2) is 16.6 Å². The summed E-state index contributed by atoms with van der Waals surface area (Å²) in [4.78, 5) is 11.6. The zero-order valence-electron chi connectivity index (χ0n) is 15.6. The molecule has 0 atom stereocenters. The van der Waals surface area contributed by atoms with Crippen molar-refractivity contribution in [1.29, 1.82) is 5.41 Å². The van der Waals surface area contributed by atoms with E-state index >= 15 is 0 Å². The molecule has 0 fully saturated rings. The molecule has 0 aliphatic heterocycles. The number of thioether (sulfide) groups is 1. The zero-order chi connectivity index (χ0) is 22.3. The predicted octanol–water partition coefficient (Wildman–Crippen LogP) is 2.23. The Hall–Kier alpha value is -2.61. The van der Waals surface area contributed by atoms with Crippen LogP contribution >= 0.6 is 11.8 Å². The van der Waals surface area contributed by atoms with Gasteiger partial charge in [0, 0.05) is 30.7 Å². The third kappa shape index (κ3) is 7.33. The maximum atomic E-state index is 13.4. The first-order valence-electron chi connectivity index (χ1n) is 8.40. The number of aromatic nitrogens is 2. The summed E-state index contributed by atoms with van der Waals surface area (Å²) in [5, 5.41) is 20.6. The average Bonchev–Trinajstić information content (AvgIpc) is 3.13. The molecule has 1 heterocycles. The van der Waals surface area contributed by atoms with Gasteiger partial charge in [-0.25, -0.2) is 26.2 Å². The standard InChI is InChI=1S/C16H18F3N5O4S2/c1-30(26,27)7-4-12(25)21-5-6-29-16-13(23-28-24-16)15(20)22-9-2-3-11(17)10(8-9)14(18)19/h2-3,8,14H,4-7H2,1H3,(H2,20,22)(H,21,25). The van der Waals surface area contributed by atoms with Gasteiger partial charge in [0.25, 0.3) is 6.43 Å². The molecule has 0 unspecified atom stereocenters. The highest BCUT2D eigenvalue weighted by atomic mass is 32.2. The van der Waals surface area contributed by atoms with Crippen molar-refractivity contribution in [2.75, 3.05) is 29.6 Å². The number of nitrogens with zero attached hydrogens (tertiary/aromatic N) is 2. The topological polar surface area (TPSA) is 138 Å². The Morgan fingerprint density at radius 2 is 2.07 bits per heavy atom. The van der Waals surface area contributed by atoms with E-state index in [2.05, 4.69) is 25.6 Å². The Morgan fingerprint density at radius 1 is 1.33 bits per heavy atom. The number of benzene rings is 1. The van der Waals surface area contributed by atoms with Crippen molar-refractivity contribution in [1.82, 2.24) is 15.6 Å². The molecule has 1 amide bonds. The second kappa shape index (κ2) is 10.4. The highest BCUT2D eigenvalue weighted by Crippen LogP contribution is 2.26. The highest BCUT2D eigenvalue weighted by molar-refractivity contribution is 7.99. The van der Waals surface area contributed by atoms with Gasteiger partial charge in [0.2, 0.25) is 5.91 Å². The number of amides is 1. The number of anilines is 1. The molecule has 0 saturated carbocycles. The van der Waals surface area contributed by atoms with Gasteiger partial charge in [0.1, 0.15) is 15.7 Å². The molecule has 1 aromatic heterocycles. The third-order valence-electron chi connectivity index (χ3n) is 3.56. The van der Waals surface area contributed by atoms with Crippen LogP contribution in [0.5, 0.6) is 0 Å². The summed E-state index contributed by atoms with van der Waals surface area (Å²) in [6.45, 7) is 0.204. The van der Waals surface area contributed by atoms with Crippen LogP contribution in [0.4, 0.5) is 18.9 Å². The number of sulfone groups is 1. The highest BCUT2D eigenvalue weighted by Gasteiger charge is 2.18. The van der Waals surface area contributed by atoms with Gasteiger partial charge in [0.05, 0.1) is 11.3 Å². The number of hydrogen-bond donors (Lipinski definition) is 3. The Kier molecular flexibility index (Phi) is 8.23. The van der Waals surface area contributed by atoms with Crippen LogP contribution < -0.4 is 10.6 Å². The van der Waals surface area contributed by atoms with Gasteiger partial charge in [-0.1, -0.05) is 11.8 Å². The van der Waals surface area contributed by atoms with E-state index in [9.17, 15) is 26.4 Å². The van der Waals surface area contributed by atoms with Crippen molar-refractivity contribution in [3.05, 3.63) is 35.3 Å². The molecule has 0 aliphatic rings. The Balaban J connectivity index is 1.88. The summed E-state index contributed by atoms with van der Waals surface area (Å²) >= 11 is 1.11. The Morgan fingerprint density at radius 3 is 2.73 bits per heavy atom. The lowest BCUT2D eigenvalue weighted by molar-refractivity contribution is -0.120. The fourth-order valence-corrected chi connectivity index (χ4v) is 3.44. The normalized spacial score (nSPS) is 11.5. The molecule has 0 radical (unpaired) electrons. The average molecular weight is 465 g/mol.